The molecule has 0 aromatic rings. The third kappa shape index (κ3) is 7.26. The van der Waals surface area contributed by atoms with E-state index in [-0.39, 0.29) is 60.7 Å². The molecular weight excluding hydrogens is 331 g/mol. The Labute approximate surface area is 143 Å². The molecule has 0 unspecified atom stereocenters. The van der Waals surface area contributed by atoms with Gasteiger partial charge in [0.05, 0.1) is 26.1 Å². The van der Waals surface area contributed by atoms with Gasteiger partial charge in [0, 0.05) is 12.1 Å². The summed E-state index contributed by atoms with van der Waals surface area (Å²) in [5.74, 6) is -0.603. The molecule has 6 nitrogen and oxygen atoms in total. The van der Waals surface area contributed by atoms with Crippen molar-refractivity contribution in [1.29, 1.82) is 0 Å². The molecule has 2 aliphatic rings. The molecule has 0 fully saturated rings. The van der Waals surface area contributed by atoms with Crippen LogP contribution in [0.25, 0.3) is 0 Å². The van der Waals surface area contributed by atoms with Crippen molar-refractivity contribution in [2.75, 3.05) is 14.2 Å². The summed E-state index contributed by atoms with van der Waals surface area (Å²) in [7, 11) is 2.78. The molecule has 4 N–H and O–H groups in total. The number of rotatable bonds is 2. The number of nitrogens with two attached hydrogens (primary N) is 2. The first-order valence-electron chi connectivity index (χ1n) is 6.51. The summed E-state index contributed by atoms with van der Waals surface area (Å²) in [5, 5.41) is 0. The monoisotopic (exact) mass is 354 g/mol. The van der Waals surface area contributed by atoms with Crippen LogP contribution in [0.5, 0.6) is 0 Å². The number of carbonyl (C=O) groups is 2. The number of ether oxygens (including phenoxy) is 2. The van der Waals surface area contributed by atoms with Crippen LogP contribution in [0.1, 0.15) is 12.8 Å². The number of carbonyl (C=O) groups excluding carboxylic acids is 2. The molecule has 0 spiro atoms. The van der Waals surface area contributed by atoms with Crippen LogP contribution in [0, 0.1) is 11.8 Å². The lowest BCUT2D eigenvalue weighted by molar-refractivity contribution is -0.144. The number of hydrogen-bond donors (Lipinski definition) is 2. The van der Waals surface area contributed by atoms with Gasteiger partial charge in [0.15, 0.2) is 0 Å². The van der Waals surface area contributed by atoms with Gasteiger partial charge in [-0.1, -0.05) is 24.3 Å². The van der Waals surface area contributed by atoms with Gasteiger partial charge in [0.25, 0.3) is 0 Å². The van der Waals surface area contributed by atoms with E-state index in [2.05, 4.69) is 9.47 Å². The molecule has 8 heteroatoms. The third-order valence-electron chi connectivity index (χ3n) is 3.24. The van der Waals surface area contributed by atoms with Gasteiger partial charge in [-0.05, 0) is 12.8 Å². The Bertz CT molecular complexity index is 378. The van der Waals surface area contributed by atoms with E-state index in [1.165, 1.54) is 14.2 Å². The van der Waals surface area contributed by atoms with E-state index in [0.717, 1.165) is 0 Å². The van der Waals surface area contributed by atoms with Crippen molar-refractivity contribution < 1.29 is 19.1 Å². The van der Waals surface area contributed by atoms with Crippen LogP contribution in [-0.2, 0) is 19.1 Å². The number of esters is 2. The molecular formula is C14H24Cl2N2O4. The average Bonchev–Trinajstić information content (AvgIpc) is 3.06. The van der Waals surface area contributed by atoms with Gasteiger partial charge in [-0.25, -0.2) is 0 Å². The van der Waals surface area contributed by atoms with Crippen molar-refractivity contribution >= 4 is 36.8 Å². The van der Waals surface area contributed by atoms with E-state index in [4.69, 9.17) is 11.5 Å². The number of halogens is 2. The topological polar surface area (TPSA) is 105 Å². The minimum Gasteiger partial charge on any atom is -0.469 e. The number of methoxy groups -OCH3 is 2. The quantitative estimate of drug-likeness (QED) is 0.565. The van der Waals surface area contributed by atoms with Gasteiger partial charge in [0.2, 0.25) is 0 Å². The van der Waals surface area contributed by atoms with Crippen molar-refractivity contribution in [3.8, 4) is 0 Å². The van der Waals surface area contributed by atoms with E-state index in [0.29, 0.717) is 12.8 Å². The Balaban J connectivity index is 0. The van der Waals surface area contributed by atoms with Crippen molar-refractivity contribution in [3.05, 3.63) is 24.3 Å². The van der Waals surface area contributed by atoms with E-state index in [9.17, 15) is 9.59 Å². The summed E-state index contributed by atoms with van der Waals surface area (Å²) in [6.45, 7) is 0. The molecule has 0 bridgehead atoms. The Hall–Kier alpha value is -1.08. The van der Waals surface area contributed by atoms with Crippen molar-refractivity contribution in [3.63, 3.8) is 0 Å². The molecule has 22 heavy (non-hydrogen) atoms. The fraction of sp³-hybridized carbons (Fsp3) is 0.571. The van der Waals surface area contributed by atoms with E-state index in [1.54, 1.807) is 12.2 Å². The van der Waals surface area contributed by atoms with Gasteiger partial charge in [-0.15, -0.1) is 24.8 Å². The lowest BCUT2D eigenvalue weighted by Gasteiger charge is -2.04. The van der Waals surface area contributed by atoms with E-state index in [1.807, 2.05) is 12.2 Å². The first-order chi connectivity index (χ1) is 9.47. The third-order valence-corrected chi connectivity index (χ3v) is 3.24. The Morgan fingerprint density at radius 3 is 1.32 bits per heavy atom. The summed E-state index contributed by atoms with van der Waals surface area (Å²) >= 11 is 0. The van der Waals surface area contributed by atoms with Gasteiger partial charge in [-0.3, -0.25) is 9.59 Å². The van der Waals surface area contributed by atoms with Crippen molar-refractivity contribution in [2.24, 2.45) is 23.3 Å². The fourth-order valence-electron chi connectivity index (χ4n) is 2.11. The van der Waals surface area contributed by atoms with Gasteiger partial charge < -0.3 is 20.9 Å². The zero-order valence-corrected chi connectivity index (χ0v) is 14.3. The van der Waals surface area contributed by atoms with Crippen LogP contribution >= 0.6 is 24.8 Å². The van der Waals surface area contributed by atoms with Crippen LogP contribution in [-0.4, -0.2) is 38.2 Å². The first-order valence-corrected chi connectivity index (χ1v) is 6.51. The van der Waals surface area contributed by atoms with Crippen LogP contribution in [0.3, 0.4) is 0 Å². The van der Waals surface area contributed by atoms with Crippen LogP contribution in [0.4, 0.5) is 0 Å². The summed E-state index contributed by atoms with van der Waals surface area (Å²) in [5.41, 5.74) is 11.0. The molecule has 0 radical (unpaired) electrons. The van der Waals surface area contributed by atoms with E-state index < -0.39 is 0 Å². The smallest absolute Gasteiger partial charge is 0.312 e. The molecule has 0 aromatic carbocycles. The van der Waals surface area contributed by atoms with Crippen LogP contribution < -0.4 is 11.5 Å². The van der Waals surface area contributed by atoms with Crippen LogP contribution in [0.2, 0.25) is 0 Å². The maximum Gasteiger partial charge on any atom is 0.312 e. The highest BCUT2D eigenvalue weighted by atomic mass is 35.5. The molecule has 2 rings (SSSR count). The highest BCUT2D eigenvalue weighted by Crippen LogP contribution is 2.17. The maximum atomic E-state index is 10.8. The molecule has 0 aliphatic heterocycles. The number of hydrogen-bond acceptors (Lipinski definition) is 6. The minimum absolute atomic E-state index is 0. The molecule has 0 saturated heterocycles. The standard InChI is InChI=1S/2C7H11NO2.2ClH/c2*1-10-7(9)5-2-3-6(8)4-5;;/h2*2-3,5-6H,4,8H2,1H3;2*1H/t2*5-,6+;;/m10../s1. The van der Waals surface area contributed by atoms with Gasteiger partial charge >= 0.3 is 11.9 Å². The van der Waals surface area contributed by atoms with Crippen LogP contribution in [0.15, 0.2) is 24.3 Å². The lowest BCUT2D eigenvalue weighted by Crippen LogP contribution is -2.19. The highest BCUT2D eigenvalue weighted by Gasteiger charge is 2.23. The van der Waals surface area contributed by atoms with Crippen molar-refractivity contribution in [2.45, 2.75) is 24.9 Å². The van der Waals surface area contributed by atoms with Crippen molar-refractivity contribution in [1.82, 2.24) is 0 Å². The SMILES string of the molecule is COC(=O)[C@@H]1C=C[C@H](N)C1.COC(=O)[C@H]1C=C[C@@H](N)C1.Cl.Cl. The second-order valence-corrected chi connectivity index (χ2v) is 4.83. The predicted octanol–water partition coefficient (Wildman–Crippen LogP) is 0.969. The maximum absolute atomic E-state index is 10.8. The molecule has 0 aromatic heterocycles. The van der Waals surface area contributed by atoms with E-state index >= 15 is 0 Å². The largest absolute Gasteiger partial charge is 0.469 e. The average molecular weight is 355 g/mol. The normalized spacial score (nSPS) is 27.8. The van der Waals surface area contributed by atoms with Gasteiger partial charge in [-0.2, -0.15) is 0 Å². The minimum atomic E-state index is -0.191. The molecule has 0 heterocycles. The lowest BCUT2D eigenvalue weighted by atomic mass is 10.1. The van der Waals surface area contributed by atoms with Gasteiger partial charge in [0.1, 0.15) is 0 Å². The second-order valence-electron chi connectivity index (χ2n) is 4.83. The molecule has 0 amide bonds. The summed E-state index contributed by atoms with van der Waals surface area (Å²) in [6, 6.07) is 0.0631. The highest BCUT2D eigenvalue weighted by molar-refractivity contribution is 5.85. The Morgan fingerprint density at radius 2 is 1.14 bits per heavy atom. The summed E-state index contributed by atoms with van der Waals surface area (Å²) < 4.78 is 9.07. The molecule has 128 valence electrons. The Kier molecular flexibility index (Phi) is 12.1. The molecule has 4 atom stereocenters. The second kappa shape index (κ2) is 11.5. The molecule has 2 aliphatic carbocycles. The zero-order chi connectivity index (χ0) is 15.1. The summed E-state index contributed by atoms with van der Waals surface area (Å²) in [4.78, 5) is 21.7. The predicted molar refractivity (Wildman–Crippen MR) is 89.0 cm³/mol. The fourth-order valence-corrected chi connectivity index (χ4v) is 2.11. The first kappa shape index (κ1) is 23.2. The Morgan fingerprint density at radius 1 is 0.818 bits per heavy atom. The summed E-state index contributed by atoms with van der Waals surface area (Å²) in [6.07, 6.45) is 8.65. The zero-order valence-electron chi connectivity index (χ0n) is 12.6. The molecule has 0 saturated carbocycles.